The van der Waals surface area contributed by atoms with Crippen molar-refractivity contribution in [1.82, 2.24) is 5.32 Å². The molecule has 496 valence electrons. The number of hydrogen-bond acceptors (Lipinski definition) is 5. The van der Waals surface area contributed by atoms with E-state index in [1.807, 2.05) is 0 Å². The average molecular weight is 1180 g/mol. The summed E-state index contributed by atoms with van der Waals surface area (Å²) in [7, 11) is 0. The van der Waals surface area contributed by atoms with Crippen LogP contribution in [0.25, 0.3) is 0 Å². The fourth-order valence-corrected chi connectivity index (χ4v) is 12.1. The Labute approximate surface area is 525 Å². The van der Waals surface area contributed by atoms with Gasteiger partial charge in [-0.3, -0.25) is 9.59 Å². The van der Waals surface area contributed by atoms with Crippen LogP contribution in [0, 0.1) is 0 Å². The van der Waals surface area contributed by atoms with Crippen molar-refractivity contribution >= 4 is 11.9 Å². The normalized spacial score (nSPS) is 12.7. The Hall–Kier alpha value is -1.92. The Balaban J connectivity index is 3.38. The third kappa shape index (κ3) is 69.2. The number of rotatable bonds is 72. The van der Waals surface area contributed by atoms with Crippen LogP contribution in [-0.4, -0.2) is 47.4 Å². The average Bonchev–Trinajstić information content (AvgIpc) is 3.51. The molecule has 0 heterocycles. The van der Waals surface area contributed by atoms with E-state index in [4.69, 9.17) is 4.74 Å². The Morgan fingerprint density at radius 1 is 0.333 bits per heavy atom. The highest BCUT2D eigenvalue weighted by atomic mass is 16.5. The number of hydrogen-bond donors (Lipinski definition) is 3. The molecule has 0 aromatic heterocycles. The van der Waals surface area contributed by atoms with Crippen LogP contribution < -0.4 is 5.32 Å². The quantitative estimate of drug-likeness (QED) is 0.0320. The molecule has 0 aliphatic rings. The molecule has 0 spiro atoms. The zero-order valence-electron chi connectivity index (χ0n) is 56.9. The molecule has 0 bridgehead atoms. The summed E-state index contributed by atoms with van der Waals surface area (Å²) in [6, 6.07) is -0.543. The molecule has 2 atom stereocenters. The molecule has 0 aliphatic carbocycles. The summed E-state index contributed by atoms with van der Waals surface area (Å²) in [5.74, 6) is -0.0273. The van der Waals surface area contributed by atoms with Gasteiger partial charge < -0.3 is 20.3 Å². The number of ether oxygens (including phenoxy) is 1. The molecule has 0 fully saturated rings. The van der Waals surface area contributed by atoms with Crippen molar-refractivity contribution in [2.24, 2.45) is 0 Å². The molecule has 0 saturated heterocycles. The molecule has 0 aromatic rings. The first kappa shape index (κ1) is 82.1. The lowest BCUT2D eigenvalue weighted by molar-refractivity contribution is -0.143. The van der Waals surface area contributed by atoms with E-state index in [0.29, 0.717) is 25.9 Å². The smallest absolute Gasteiger partial charge is 0.305 e. The monoisotopic (exact) mass is 1180 g/mol. The first-order valence-electron chi connectivity index (χ1n) is 38.2. The summed E-state index contributed by atoms with van der Waals surface area (Å²) in [5, 5.41) is 23.5. The van der Waals surface area contributed by atoms with E-state index in [1.165, 1.54) is 340 Å². The number of aliphatic hydroxyl groups is 2. The zero-order valence-corrected chi connectivity index (χ0v) is 56.9. The number of esters is 1. The van der Waals surface area contributed by atoms with Crippen LogP contribution in [0.4, 0.5) is 0 Å². The summed E-state index contributed by atoms with van der Waals surface area (Å²) in [4.78, 5) is 24.6. The van der Waals surface area contributed by atoms with Crippen LogP contribution >= 0.6 is 0 Å². The lowest BCUT2D eigenvalue weighted by Crippen LogP contribution is -2.45. The molecule has 0 saturated carbocycles. The van der Waals surface area contributed by atoms with Gasteiger partial charge in [-0.2, -0.15) is 0 Å². The molecule has 6 nitrogen and oxygen atoms in total. The lowest BCUT2D eigenvalue weighted by atomic mass is 10.0. The van der Waals surface area contributed by atoms with Gasteiger partial charge in [0.15, 0.2) is 0 Å². The van der Waals surface area contributed by atoms with E-state index in [1.54, 1.807) is 0 Å². The van der Waals surface area contributed by atoms with E-state index < -0.39 is 12.1 Å². The summed E-state index contributed by atoms with van der Waals surface area (Å²) < 4.78 is 5.48. The molecule has 1 amide bonds. The van der Waals surface area contributed by atoms with E-state index in [9.17, 15) is 19.8 Å². The third-order valence-corrected chi connectivity index (χ3v) is 17.9. The summed E-state index contributed by atoms with van der Waals surface area (Å²) >= 11 is 0. The fourth-order valence-electron chi connectivity index (χ4n) is 12.1. The second-order valence-electron chi connectivity index (χ2n) is 26.3. The molecule has 2 unspecified atom stereocenters. The maximum absolute atomic E-state index is 12.6. The van der Waals surface area contributed by atoms with Crippen molar-refractivity contribution in [2.45, 2.75) is 437 Å². The van der Waals surface area contributed by atoms with Crippen LogP contribution in [0.2, 0.25) is 0 Å². The molecule has 0 radical (unpaired) electrons. The second-order valence-corrected chi connectivity index (χ2v) is 26.3. The first-order chi connectivity index (χ1) is 41.5. The van der Waals surface area contributed by atoms with E-state index >= 15 is 0 Å². The largest absolute Gasteiger partial charge is 0.466 e. The Morgan fingerprint density at radius 3 is 0.964 bits per heavy atom. The zero-order chi connectivity index (χ0) is 60.6. The molecule has 0 rings (SSSR count). The van der Waals surface area contributed by atoms with Crippen molar-refractivity contribution in [3.05, 3.63) is 36.5 Å². The number of carbonyl (C=O) groups excluding carboxylic acids is 2. The van der Waals surface area contributed by atoms with Gasteiger partial charge in [0, 0.05) is 12.8 Å². The van der Waals surface area contributed by atoms with E-state index in [2.05, 4.69) is 55.6 Å². The minimum atomic E-state index is -0.666. The summed E-state index contributed by atoms with van der Waals surface area (Å²) in [6.07, 6.45) is 95.1. The van der Waals surface area contributed by atoms with Crippen molar-refractivity contribution in [3.63, 3.8) is 0 Å². The van der Waals surface area contributed by atoms with Gasteiger partial charge >= 0.3 is 5.97 Å². The van der Waals surface area contributed by atoms with Crippen LogP contribution in [0.15, 0.2) is 36.5 Å². The maximum atomic E-state index is 12.6. The van der Waals surface area contributed by atoms with Crippen molar-refractivity contribution in [1.29, 1.82) is 0 Å². The molecular formula is C78H149NO5. The highest BCUT2D eigenvalue weighted by molar-refractivity contribution is 5.76. The Kier molecular flexibility index (Phi) is 71.9. The Morgan fingerprint density at radius 2 is 0.619 bits per heavy atom. The lowest BCUT2D eigenvalue weighted by Gasteiger charge is -2.22. The standard InChI is InChI=1S/C78H149NO5/c1-3-5-7-9-11-13-15-17-18-19-20-21-22-28-31-34-37-40-43-47-50-54-58-62-66-70-76(81)75(74-80)79-77(82)71-67-63-59-55-51-48-44-41-38-35-32-29-26-24-23-25-27-30-33-36-39-42-45-49-53-57-61-65-69-73-84-78(83)72-68-64-60-56-52-46-16-14-12-10-8-6-4-2/h8,10,14,16,23,25,75-76,80-81H,3-7,9,11-13,15,17-22,24,26-74H2,1-2H3,(H,79,82)/b10-8-,16-14-,25-23-. The van der Waals surface area contributed by atoms with Gasteiger partial charge in [0.05, 0.1) is 25.4 Å². The van der Waals surface area contributed by atoms with Gasteiger partial charge in [0.1, 0.15) is 0 Å². The number of allylic oxidation sites excluding steroid dienone is 6. The second kappa shape index (κ2) is 73.5. The number of amides is 1. The van der Waals surface area contributed by atoms with Crippen LogP contribution in [-0.2, 0) is 14.3 Å². The molecule has 6 heteroatoms. The van der Waals surface area contributed by atoms with Crippen molar-refractivity contribution < 1.29 is 24.5 Å². The van der Waals surface area contributed by atoms with Gasteiger partial charge in [-0.25, -0.2) is 0 Å². The van der Waals surface area contributed by atoms with Crippen molar-refractivity contribution in [3.8, 4) is 0 Å². The summed E-state index contributed by atoms with van der Waals surface area (Å²) in [5.41, 5.74) is 0. The highest BCUT2D eigenvalue weighted by Gasteiger charge is 2.20. The fraction of sp³-hybridized carbons (Fsp3) is 0.897. The third-order valence-electron chi connectivity index (χ3n) is 17.9. The maximum Gasteiger partial charge on any atom is 0.305 e. The summed E-state index contributed by atoms with van der Waals surface area (Å²) in [6.45, 7) is 4.93. The topological polar surface area (TPSA) is 95.9 Å². The molecule has 84 heavy (non-hydrogen) atoms. The molecule has 0 aliphatic heterocycles. The molecular weight excluding hydrogens is 1030 g/mol. The van der Waals surface area contributed by atoms with E-state index in [0.717, 1.165) is 51.4 Å². The van der Waals surface area contributed by atoms with Crippen LogP contribution in [0.1, 0.15) is 425 Å². The van der Waals surface area contributed by atoms with Crippen LogP contribution in [0.3, 0.4) is 0 Å². The number of nitrogens with one attached hydrogen (secondary N) is 1. The number of aliphatic hydroxyl groups excluding tert-OH is 2. The van der Waals surface area contributed by atoms with Gasteiger partial charge in [0.25, 0.3) is 0 Å². The number of carbonyl (C=O) groups is 2. The minimum absolute atomic E-state index is 0.00173. The highest BCUT2D eigenvalue weighted by Crippen LogP contribution is 2.19. The predicted molar refractivity (Wildman–Crippen MR) is 370 cm³/mol. The molecule has 0 aromatic carbocycles. The van der Waals surface area contributed by atoms with Gasteiger partial charge in [-0.1, -0.05) is 371 Å². The van der Waals surface area contributed by atoms with Crippen LogP contribution in [0.5, 0.6) is 0 Å². The predicted octanol–water partition coefficient (Wildman–Crippen LogP) is 25.0. The first-order valence-corrected chi connectivity index (χ1v) is 38.2. The van der Waals surface area contributed by atoms with Gasteiger partial charge in [-0.05, 0) is 77.0 Å². The van der Waals surface area contributed by atoms with E-state index in [-0.39, 0.29) is 18.5 Å². The number of unbranched alkanes of at least 4 members (excludes halogenated alkanes) is 55. The minimum Gasteiger partial charge on any atom is -0.466 e. The Bertz CT molecular complexity index is 1360. The van der Waals surface area contributed by atoms with Crippen molar-refractivity contribution in [2.75, 3.05) is 13.2 Å². The SMILES string of the molecule is CCC/C=C\C/C=C\CCCCCCCC(=O)OCCCCCCCCCCCCCC/C=C\CCCCCCCCCCCCCCCC(=O)NC(CO)C(O)CCCCCCCCCCCCCCCCCCCCCCCCCCC. The molecule has 3 N–H and O–H groups in total. The van der Waals surface area contributed by atoms with Gasteiger partial charge in [0.2, 0.25) is 5.91 Å². The van der Waals surface area contributed by atoms with Gasteiger partial charge in [-0.15, -0.1) is 0 Å².